The van der Waals surface area contributed by atoms with Crippen LogP contribution in [-0.2, 0) is 17.4 Å². The van der Waals surface area contributed by atoms with Gasteiger partial charge in [0.15, 0.2) is 0 Å². The summed E-state index contributed by atoms with van der Waals surface area (Å²) in [5.74, 6) is -0.226. The number of benzene rings is 1. The van der Waals surface area contributed by atoms with E-state index in [1.807, 2.05) is 0 Å². The molecule has 25 heavy (non-hydrogen) atoms. The van der Waals surface area contributed by atoms with Gasteiger partial charge in [0.2, 0.25) is 5.91 Å². The van der Waals surface area contributed by atoms with E-state index in [0.29, 0.717) is 19.1 Å². The lowest BCUT2D eigenvalue weighted by atomic mass is 10.0. The van der Waals surface area contributed by atoms with Crippen molar-refractivity contribution in [2.75, 3.05) is 26.2 Å². The maximum atomic E-state index is 13.0. The Morgan fingerprint density at radius 1 is 1.08 bits per heavy atom. The monoisotopic (exact) mass is 378 g/mol. The fourth-order valence-electron chi connectivity index (χ4n) is 3.37. The Kier molecular flexibility index (Phi) is 8.22. The topological polar surface area (TPSA) is 23.6 Å². The van der Waals surface area contributed by atoms with E-state index in [-0.39, 0.29) is 30.3 Å². The molecule has 0 bridgehead atoms. The van der Waals surface area contributed by atoms with Crippen LogP contribution >= 0.6 is 12.4 Å². The number of hydrogen-bond donors (Lipinski definition) is 0. The Labute approximate surface area is 153 Å². The van der Waals surface area contributed by atoms with E-state index in [2.05, 4.69) is 18.7 Å². The largest absolute Gasteiger partial charge is 0.416 e. The van der Waals surface area contributed by atoms with Gasteiger partial charge in [-0.3, -0.25) is 9.69 Å². The molecule has 0 radical (unpaired) electrons. The van der Waals surface area contributed by atoms with Crippen LogP contribution in [0.2, 0.25) is 0 Å². The number of carbonyl (C=O) groups is 1. The highest BCUT2D eigenvalue weighted by atomic mass is 35.5. The highest BCUT2D eigenvalue weighted by molar-refractivity contribution is 5.85. The minimum absolute atomic E-state index is 0. The minimum Gasteiger partial charge on any atom is -0.340 e. The quantitative estimate of drug-likeness (QED) is 0.773. The lowest BCUT2D eigenvalue weighted by Gasteiger charge is -2.39. The zero-order valence-electron chi connectivity index (χ0n) is 14.7. The molecule has 1 aromatic carbocycles. The third-order valence-corrected chi connectivity index (χ3v) is 4.79. The summed E-state index contributed by atoms with van der Waals surface area (Å²) in [4.78, 5) is 16.5. The van der Waals surface area contributed by atoms with Gasteiger partial charge in [-0.05, 0) is 24.5 Å². The van der Waals surface area contributed by atoms with Crippen LogP contribution in [0.5, 0.6) is 0 Å². The first kappa shape index (κ1) is 21.8. The molecule has 1 heterocycles. The number of alkyl halides is 3. The molecule has 1 saturated heterocycles. The predicted octanol–water partition coefficient (Wildman–Crippen LogP) is 4.00. The Morgan fingerprint density at radius 3 is 2.16 bits per heavy atom. The standard InChI is InChI=1S/C18H25F3N2O.ClH/c1-3-15(4-2)22-9-11-23(12-10-22)17(24)13-14-7-5-6-8-16(14)18(19,20)21;/h5-8,15H,3-4,9-13H2,1-2H3;1H. The normalized spacial score (nSPS) is 16.0. The molecule has 3 nitrogen and oxygen atoms in total. The van der Waals surface area contributed by atoms with Crippen molar-refractivity contribution in [1.82, 2.24) is 9.80 Å². The van der Waals surface area contributed by atoms with Crippen LogP contribution in [0.1, 0.15) is 37.8 Å². The van der Waals surface area contributed by atoms with E-state index in [1.54, 1.807) is 11.0 Å². The summed E-state index contributed by atoms with van der Waals surface area (Å²) < 4.78 is 39.1. The molecular formula is C18H26ClF3N2O. The second kappa shape index (κ2) is 9.43. The lowest BCUT2D eigenvalue weighted by Crippen LogP contribution is -2.52. The summed E-state index contributed by atoms with van der Waals surface area (Å²) in [7, 11) is 0. The van der Waals surface area contributed by atoms with E-state index in [1.165, 1.54) is 12.1 Å². The van der Waals surface area contributed by atoms with Crippen molar-refractivity contribution in [3.8, 4) is 0 Å². The molecule has 0 unspecified atom stereocenters. The third-order valence-electron chi connectivity index (χ3n) is 4.79. The average molecular weight is 379 g/mol. The smallest absolute Gasteiger partial charge is 0.340 e. The molecule has 1 amide bonds. The van der Waals surface area contributed by atoms with Gasteiger partial charge in [0.25, 0.3) is 0 Å². The van der Waals surface area contributed by atoms with Crippen LogP contribution < -0.4 is 0 Å². The molecule has 0 N–H and O–H groups in total. The molecule has 2 rings (SSSR count). The molecule has 142 valence electrons. The van der Waals surface area contributed by atoms with E-state index < -0.39 is 11.7 Å². The third kappa shape index (κ3) is 5.61. The van der Waals surface area contributed by atoms with Gasteiger partial charge < -0.3 is 4.90 Å². The number of nitrogens with zero attached hydrogens (tertiary/aromatic N) is 2. The molecule has 1 aromatic rings. The molecule has 0 aliphatic carbocycles. The predicted molar refractivity (Wildman–Crippen MR) is 94.9 cm³/mol. The summed E-state index contributed by atoms with van der Waals surface area (Å²) in [5, 5.41) is 0. The Balaban J connectivity index is 0.00000312. The van der Waals surface area contributed by atoms with Gasteiger partial charge in [0.1, 0.15) is 0 Å². The molecule has 0 aromatic heterocycles. The molecule has 1 aliphatic rings. The van der Waals surface area contributed by atoms with E-state index in [0.717, 1.165) is 32.0 Å². The van der Waals surface area contributed by atoms with Crippen LogP contribution in [0.4, 0.5) is 13.2 Å². The molecule has 7 heteroatoms. The van der Waals surface area contributed by atoms with Crippen LogP contribution in [0, 0.1) is 0 Å². The summed E-state index contributed by atoms with van der Waals surface area (Å²) >= 11 is 0. The maximum absolute atomic E-state index is 13.0. The summed E-state index contributed by atoms with van der Waals surface area (Å²) in [6.07, 6.45) is -2.47. The summed E-state index contributed by atoms with van der Waals surface area (Å²) in [6.45, 7) is 7.06. The first-order valence-electron chi connectivity index (χ1n) is 8.53. The van der Waals surface area contributed by atoms with Crippen molar-refractivity contribution in [2.24, 2.45) is 0 Å². The van der Waals surface area contributed by atoms with Gasteiger partial charge >= 0.3 is 6.18 Å². The summed E-state index contributed by atoms with van der Waals surface area (Å²) in [6, 6.07) is 5.84. The fourth-order valence-corrected chi connectivity index (χ4v) is 3.37. The van der Waals surface area contributed by atoms with E-state index >= 15 is 0 Å². The zero-order chi connectivity index (χ0) is 17.7. The Hall–Kier alpha value is -1.27. The van der Waals surface area contributed by atoms with Crippen LogP contribution in [0.3, 0.4) is 0 Å². The number of rotatable bonds is 5. The van der Waals surface area contributed by atoms with Crippen molar-refractivity contribution < 1.29 is 18.0 Å². The van der Waals surface area contributed by atoms with Crippen molar-refractivity contribution in [2.45, 2.75) is 45.3 Å². The molecular weight excluding hydrogens is 353 g/mol. The number of amides is 1. The maximum Gasteiger partial charge on any atom is 0.416 e. The zero-order valence-corrected chi connectivity index (χ0v) is 15.5. The van der Waals surface area contributed by atoms with Gasteiger partial charge in [-0.1, -0.05) is 32.0 Å². The van der Waals surface area contributed by atoms with E-state index in [4.69, 9.17) is 0 Å². The second-order valence-electron chi connectivity index (χ2n) is 6.22. The number of carbonyl (C=O) groups excluding carboxylic acids is 1. The van der Waals surface area contributed by atoms with Gasteiger partial charge in [0, 0.05) is 32.2 Å². The SMILES string of the molecule is CCC(CC)N1CCN(C(=O)Cc2ccccc2C(F)(F)F)CC1.Cl. The first-order chi connectivity index (χ1) is 11.4. The molecule has 0 spiro atoms. The molecule has 1 aliphatic heterocycles. The summed E-state index contributed by atoms with van der Waals surface area (Å²) in [5.41, 5.74) is -0.661. The van der Waals surface area contributed by atoms with Gasteiger partial charge in [0.05, 0.1) is 12.0 Å². The van der Waals surface area contributed by atoms with Gasteiger partial charge in [-0.25, -0.2) is 0 Å². The van der Waals surface area contributed by atoms with Gasteiger partial charge in [-0.2, -0.15) is 13.2 Å². The van der Waals surface area contributed by atoms with Crippen molar-refractivity contribution in [3.63, 3.8) is 0 Å². The van der Waals surface area contributed by atoms with Gasteiger partial charge in [-0.15, -0.1) is 12.4 Å². The Morgan fingerprint density at radius 2 is 1.64 bits per heavy atom. The number of halogens is 4. The van der Waals surface area contributed by atoms with Crippen molar-refractivity contribution in [3.05, 3.63) is 35.4 Å². The highest BCUT2D eigenvalue weighted by Gasteiger charge is 2.34. The van der Waals surface area contributed by atoms with Crippen LogP contribution in [-0.4, -0.2) is 47.9 Å². The number of piperazine rings is 1. The molecule has 0 atom stereocenters. The van der Waals surface area contributed by atoms with Crippen LogP contribution in [0.15, 0.2) is 24.3 Å². The lowest BCUT2D eigenvalue weighted by molar-refractivity contribution is -0.139. The fraction of sp³-hybridized carbons (Fsp3) is 0.611. The average Bonchev–Trinajstić information content (AvgIpc) is 2.56. The van der Waals surface area contributed by atoms with Crippen molar-refractivity contribution in [1.29, 1.82) is 0 Å². The molecule has 1 fully saturated rings. The second-order valence-corrected chi connectivity index (χ2v) is 6.22. The Bertz CT molecular complexity index is 553. The highest BCUT2D eigenvalue weighted by Crippen LogP contribution is 2.32. The minimum atomic E-state index is -4.43. The molecule has 0 saturated carbocycles. The number of hydrogen-bond acceptors (Lipinski definition) is 2. The first-order valence-corrected chi connectivity index (χ1v) is 8.53. The van der Waals surface area contributed by atoms with E-state index in [9.17, 15) is 18.0 Å². The van der Waals surface area contributed by atoms with Crippen LogP contribution in [0.25, 0.3) is 0 Å². The van der Waals surface area contributed by atoms with Crippen molar-refractivity contribution >= 4 is 18.3 Å².